The molecule has 2 aromatic rings. The highest BCUT2D eigenvalue weighted by Gasteiger charge is 2.58. The van der Waals surface area contributed by atoms with Crippen molar-refractivity contribution in [2.24, 2.45) is 17.8 Å². The molecule has 1 saturated heterocycles. The van der Waals surface area contributed by atoms with E-state index in [2.05, 4.69) is 20.7 Å². The Morgan fingerprint density at radius 2 is 1.80 bits per heavy atom. The predicted octanol–water partition coefficient (Wildman–Crippen LogP) is 4.50. The Labute approximate surface area is 243 Å². The van der Waals surface area contributed by atoms with E-state index in [-0.39, 0.29) is 46.6 Å². The van der Waals surface area contributed by atoms with E-state index in [1.807, 2.05) is 30.3 Å². The summed E-state index contributed by atoms with van der Waals surface area (Å²) in [6.45, 7) is 0.285. The monoisotopic (exact) mass is 617 g/mol. The smallest absolute Gasteiger partial charge is 0.423 e. The highest BCUT2D eigenvalue weighted by atomic mass is 79.9. The molecule has 2 aromatic carbocycles. The topological polar surface area (TPSA) is 127 Å². The Morgan fingerprint density at radius 1 is 1.05 bits per heavy atom. The molecule has 1 N–H and O–H groups in total. The lowest BCUT2D eigenvalue weighted by Gasteiger charge is -2.42. The van der Waals surface area contributed by atoms with E-state index in [0.29, 0.717) is 21.8 Å². The maximum atomic E-state index is 13.4. The van der Waals surface area contributed by atoms with Gasteiger partial charge in [0.15, 0.2) is 11.6 Å². The number of ketones is 2. The molecule has 3 aliphatic carbocycles. The molecule has 0 radical (unpaired) electrons. The Hall–Kier alpha value is -4.31. The van der Waals surface area contributed by atoms with Crippen molar-refractivity contribution < 1.29 is 38.6 Å². The van der Waals surface area contributed by atoms with Gasteiger partial charge in [-0.3, -0.25) is 19.2 Å². The summed E-state index contributed by atoms with van der Waals surface area (Å²) in [7, 11) is 1.09. The SMILES string of the molecule is COC(=O)N1C(=O)[C@H]2[C@H](CC=C3[C@H](c4ccc(OCc5ccccc5)cc4O)C4=C(C[C@H]32)C(=O)C(Br)=CC4=O)C1=O. The summed E-state index contributed by atoms with van der Waals surface area (Å²) in [5.74, 6) is -5.04. The third kappa shape index (κ3) is 4.33. The number of halogens is 1. The van der Waals surface area contributed by atoms with Gasteiger partial charge in [-0.05, 0) is 46.3 Å². The van der Waals surface area contributed by atoms with Gasteiger partial charge in [0.2, 0.25) is 11.8 Å². The molecule has 41 heavy (non-hydrogen) atoms. The van der Waals surface area contributed by atoms with Crippen molar-refractivity contribution in [3.63, 3.8) is 0 Å². The summed E-state index contributed by atoms with van der Waals surface area (Å²) in [4.78, 5) is 66.0. The van der Waals surface area contributed by atoms with Gasteiger partial charge >= 0.3 is 6.09 Å². The zero-order chi connectivity index (χ0) is 29.0. The minimum Gasteiger partial charge on any atom is -0.507 e. The first-order chi connectivity index (χ1) is 19.7. The van der Waals surface area contributed by atoms with Gasteiger partial charge in [-0.2, -0.15) is 4.90 Å². The zero-order valence-electron chi connectivity index (χ0n) is 21.8. The molecule has 10 heteroatoms. The molecule has 3 amide bonds. The van der Waals surface area contributed by atoms with Gasteiger partial charge in [0.1, 0.15) is 18.1 Å². The first-order valence-corrected chi connectivity index (χ1v) is 13.8. The zero-order valence-corrected chi connectivity index (χ0v) is 23.4. The van der Waals surface area contributed by atoms with Crippen LogP contribution in [0.4, 0.5) is 4.79 Å². The van der Waals surface area contributed by atoms with E-state index in [0.717, 1.165) is 12.7 Å². The quantitative estimate of drug-likeness (QED) is 0.302. The van der Waals surface area contributed by atoms with Crippen LogP contribution in [-0.2, 0) is 30.5 Å². The van der Waals surface area contributed by atoms with E-state index >= 15 is 0 Å². The first kappa shape index (κ1) is 26.9. The molecular formula is C31H24BrNO8. The number of carbonyl (C=O) groups is 5. The van der Waals surface area contributed by atoms with E-state index in [1.165, 1.54) is 12.1 Å². The number of aromatic hydroxyl groups is 1. The van der Waals surface area contributed by atoms with Crippen LogP contribution >= 0.6 is 15.9 Å². The van der Waals surface area contributed by atoms with Crippen LogP contribution in [-0.4, -0.2) is 46.6 Å². The number of carbonyl (C=O) groups excluding carboxylic acids is 5. The highest BCUT2D eigenvalue weighted by molar-refractivity contribution is 9.12. The number of nitrogens with zero attached hydrogens (tertiary/aromatic N) is 1. The van der Waals surface area contributed by atoms with Crippen LogP contribution in [0.1, 0.15) is 29.9 Å². The number of fused-ring (bicyclic) bond motifs is 3. The molecule has 6 rings (SSSR count). The van der Waals surface area contributed by atoms with E-state index in [4.69, 9.17) is 4.74 Å². The highest BCUT2D eigenvalue weighted by Crippen LogP contribution is 2.56. The Balaban J connectivity index is 1.41. The van der Waals surface area contributed by atoms with Crippen molar-refractivity contribution in [3.05, 3.63) is 93.0 Å². The van der Waals surface area contributed by atoms with Crippen molar-refractivity contribution in [2.75, 3.05) is 7.11 Å². The normalized spacial score (nSPS) is 25.3. The van der Waals surface area contributed by atoms with Gasteiger partial charge in [0.05, 0.1) is 23.4 Å². The molecule has 1 fully saturated rings. The van der Waals surface area contributed by atoms with Crippen molar-refractivity contribution in [1.29, 1.82) is 0 Å². The number of methoxy groups -OCH3 is 1. The third-order valence-corrected chi connectivity index (χ3v) is 8.84. The lowest BCUT2D eigenvalue weighted by molar-refractivity contribution is -0.137. The van der Waals surface area contributed by atoms with Gasteiger partial charge in [0, 0.05) is 34.8 Å². The first-order valence-electron chi connectivity index (χ1n) is 13.1. The summed E-state index contributed by atoms with van der Waals surface area (Å²) in [5.41, 5.74) is 2.42. The second-order valence-electron chi connectivity index (χ2n) is 10.4. The van der Waals surface area contributed by atoms with Gasteiger partial charge in [0.25, 0.3) is 0 Å². The average molecular weight is 618 g/mol. The van der Waals surface area contributed by atoms with Gasteiger partial charge in [-0.1, -0.05) is 48.0 Å². The molecular weight excluding hydrogens is 594 g/mol. The predicted molar refractivity (Wildman–Crippen MR) is 148 cm³/mol. The summed E-state index contributed by atoms with van der Waals surface area (Å²) in [6, 6.07) is 14.3. The average Bonchev–Trinajstić information content (AvgIpc) is 3.23. The molecule has 4 atom stereocenters. The molecule has 4 aliphatic rings. The molecule has 0 aromatic heterocycles. The molecule has 208 valence electrons. The number of phenolic OH excluding ortho intramolecular Hbond substituents is 1. The van der Waals surface area contributed by atoms with Crippen LogP contribution in [0.3, 0.4) is 0 Å². The Kier molecular flexibility index (Phi) is 6.73. The van der Waals surface area contributed by atoms with Crippen molar-refractivity contribution >= 4 is 45.4 Å². The minimum absolute atomic E-state index is 0.0411. The Bertz CT molecular complexity index is 1620. The number of ether oxygens (including phenoxy) is 2. The number of Topliss-reactive ketones (excluding diaryl/α,β-unsaturated/α-hetero) is 1. The number of benzene rings is 2. The number of hydrogen-bond donors (Lipinski definition) is 1. The van der Waals surface area contributed by atoms with Crippen LogP contribution in [0.25, 0.3) is 0 Å². The molecule has 0 saturated carbocycles. The number of amides is 3. The maximum Gasteiger partial charge on any atom is 0.423 e. The molecule has 0 unspecified atom stereocenters. The van der Waals surface area contributed by atoms with Crippen LogP contribution in [0.2, 0.25) is 0 Å². The number of likely N-dealkylation sites (tertiary alicyclic amines) is 1. The second kappa shape index (κ2) is 10.3. The molecule has 1 heterocycles. The number of hydrogen-bond acceptors (Lipinski definition) is 8. The maximum absolute atomic E-state index is 13.4. The van der Waals surface area contributed by atoms with Crippen LogP contribution in [0, 0.1) is 17.8 Å². The van der Waals surface area contributed by atoms with E-state index in [9.17, 15) is 29.1 Å². The lowest BCUT2D eigenvalue weighted by atomic mass is 9.59. The summed E-state index contributed by atoms with van der Waals surface area (Å²) >= 11 is 3.18. The Morgan fingerprint density at radius 3 is 2.51 bits per heavy atom. The number of allylic oxidation sites excluding steroid dienone is 6. The van der Waals surface area contributed by atoms with Crippen LogP contribution in [0.5, 0.6) is 11.5 Å². The molecule has 0 spiro atoms. The number of phenols is 1. The molecule has 9 nitrogen and oxygen atoms in total. The standard InChI is InChI=1S/C31H24BrNO8/c1-40-31(39)33-29(37)19-10-9-17-20(26(19)30(33)38)12-21-27(24(35)13-22(32)28(21)36)25(17)18-8-7-16(11-23(18)34)41-14-15-5-3-2-4-6-15/h2-9,11,13,19-20,25-26,34H,10,12,14H2,1H3/t19-,20+,25+,26-/m0/s1. The summed E-state index contributed by atoms with van der Waals surface area (Å²) < 4.78 is 10.6. The van der Waals surface area contributed by atoms with Gasteiger partial charge in [-0.25, -0.2) is 4.79 Å². The second-order valence-corrected chi connectivity index (χ2v) is 11.2. The van der Waals surface area contributed by atoms with Gasteiger partial charge in [-0.15, -0.1) is 0 Å². The summed E-state index contributed by atoms with van der Waals surface area (Å²) in [5, 5.41) is 11.2. The third-order valence-electron chi connectivity index (χ3n) is 8.25. The van der Waals surface area contributed by atoms with Crippen molar-refractivity contribution in [3.8, 4) is 11.5 Å². The number of imide groups is 3. The van der Waals surface area contributed by atoms with Gasteiger partial charge < -0.3 is 14.6 Å². The van der Waals surface area contributed by atoms with Crippen molar-refractivity contribution in [2.45, 2.75) is 25.4 Å². The molecule has 1 aliphatic heterocycles. The van der Waals surface area contributed by atoms with E-state index in [1.54, 1.807) is 18.2 Å². The molecule has 0 bridgehead atoms. The largest absolute Gasteiger partial charge is 0.507 e. The fraction of sp³-hybridized carbons (Fsp3) is 0.258. The van der Waals surface area contributed by atoms with Crippen LogP contribution < -0.4 is 4.74 Å². The number of rotatable bonds is 4. The van der Waals surface area contributed by atoms with E-state index < -0.39 is 47.4 Å². The summed E-state index contributed by atoms with van der Waals surface area (Å²) in [6.07, 6.45) is 2.17. The van der Waals surface area contributed by atoms with Crippen molar-refractivity contribution in [1.82, 2.24) is 4.90 Å². The fourth-order valence-electron chi connectivity index (χ4n) is 6.43. The lowest BCUT2D eigenvalue weighted by Crippen LogP contribution is -2.40. The van der Waals surface area contributed by atoms with Crippen LogP contribution in [0.15, 0.2) is 81.9 Å². The minimum atomic E-state index is -1.05. The fourth-order valence-corrected chi connectivity index (χ4v) is 6.88.